The number of nitrogens with zero attached hydrogens (tertiary/aromatic N) is 2. The SMILES string of the molecule is COC1CCCC(C(=O)Nc2ccc(-c3nc(Nc4ccc(Cl)cc4)[nH]c(=O)c3C#N)cc2)C1. The van der Waals surface area contributed by atoms with Gasteiger partial charge >= 0.3 is 0 Å². The molecule has 4 rings (SSSR count). The third-order valence-corrected chi connectivity index (χ3v) is 6.15. The van der Waals surface area contributed by atoms with Crippen LogP contribution in [0.2, 0.25) is 5.02 Å². The molecule has 1 amide bonds. The fourth-order valence-electron chi connectivity index (χ4n) is 4.07. The summed E-state index contributed by atoms with van der Waals surface area (Å²) >= 11 is 5.92. The summed E-state index contributed by atoms with van der Waals surface area (Å²) in [7, 11) is 1.68. The number of amides is 1. The third kappa shape index (κ3) is 5.45. The molecule has 0 saturated heterocycles. The van der Waals surface area contributed by atoms with Gasteiger partial charge in [0.1, 0.15) is 11.6 Å². The smallest absolute Gasteiger partial charge is 0.270 e. The zero-order valence-corrected chi connectivity index (χ0v) is 19.4. The van der Waals surface area contributed by atoms with Crippen molar-refractivity contribution >= 4 is 34.8 Å². The largest absolute Gasteiger partial charge is 0.381 e. The first kappa shape index (κ1) is 23.5. The summed E-state index contributed by atoms with van der Waals surface area (Å²) in [5.41, 5.74) is 1.50. The van der Waals surface area contributed by atoms with Crippen LogP contribution in [0.4, 0.5) is 17.3 Å². The van der Waals surface area contributed by atoms with Crippen molar-refractivity contribution in [2.75, 3.05) is 17.7 Å². The first-order valence-electron chi connectivity index (χ1n) is 11.0. The van der Waals surface area contributed by atoms with Crippen LogP contribution in [0.15, 0.2) is 53.3 Å². The Balaban J connectivity index is 1.53. The number of hydrogen-bond donors (Lipinski definition) is 3. The van der Waals surface area contributed by atoms with Gasteiger partial charge in [-0.3, -0.25) is 14.6 Å². The maximum Gasteiger partial charge on any atom is 0.270 e. The molecule has 0 spiro atoms. The minimum Gasteiger partial charge on any atom is -0.381 e. The molecule has 34 heavy (non-hydrogen) atoms. The summed E-state index contributed by atoms with van der Waals surface area (Å²) in [4.78, 5) is 32.2. The molecule has 1 aromatic heterocycles. The van der Waals surface area contributed by atoms with Crippen LogP contribution < -0.4 is 16.2 Å². The van der Waals surface area contributed by atoms with Gasteiger partial charge in [-0.25, -0.2) is 4.98 Å². The maximum absolute atomic E-state index is 12.7. The summed E-state index contributed by atoms with van der Waals surface area (Å²) in [5.74, 6) is 0.0825. The number of carbonyl (C=O) groups is 1. The van der Waals surface area contributed by atoms with E-state index in [1.807, 2.05) is 6.07 Å². The number of carbonyl (C=O) groups excluding carboxylic acids is 1. The molecular formula is C25H24ClN5O3. The highest BCUT2D eigenvalue weighted by molar-refractivity contribution is 6.30. The van der Waals surface area contributed by atoms with E-state index in [0.29, 0.717) is 28.4 Å². The molecular weight excluding hydrogens is 454 g/mol. The van der Waals surface area contributed by atoms with Gasteiger partial charge in [0.15, 0.2) is 0 Å². The highest BCUT2D eigenvalue weighted by Gasteiger charge is 2.27. The molecule has 1 saturated carbocycles. The second kappa shape index (κ2) is 10.5. The van der Waals surface area contributed by atoms with Gasteiger partial charge in [-0.2, -0.15) is 5.26 Å². The average Bonchev–Trinajstić information content (AvgIpc) is 2.85. The van der Waals surface area contributed by atoms with E-state index in [1.54, 1.807) is 55.6 Å². The van der Waals surface area contributed by atoms with Crippen molar-refractivity contribution in [2.24, 2.45) is 5.92 Å². The number of aromatic amines is 1. The molecule has 174 valence electrons. The molecule has 2 aromatic carbocycles. The number of halogens is 1. The number of benzene rings is 2. The maximum atomic E-state index is 12.7. The fraction of sp³-hybridized carbons (Fsp3) is 0.280. The predicted molar refractivity (Wildman–Crippen MR) is 131 cm³/mol. The monoisotopic (exact) mass is 477 g/mol. The Morgan fingerprint density at radius 2 is 1.85 bits per heavy atom. The Bertz CT molecular complexity index is 1270. The van der Waals surface area contributed by atoms with Crippen LogP contribution in [0, 0.1) is 17.2 Å². The quantitative estimate of drug-likeness (QED) is 0.466. The summed E-state index contributed by atoms with van der Waals surface area (Å²) in [6, 6.07) is 15.8. The summed E-state index contributed by atoms with van der Waals surface area (Å²) < 4.78 is 5.42. The number of ether oxygens (including phenoxy) is 1. The first-order valence-corrected chi connectivity index (χ1v) is 11.4. The number of nitriles is 1. The number of rotatable bonds is 6. The molecule has 2 unspecified atom stereocenters. The van der Waals surface area contributed by atoms with E-state index < -0.39 is 5.56 Å². The van der Waals surface area contributed by atoms with Crippen LogP contribution in [-0.2, 0) is 9.53 Å². The molecule has 1 fully saturated rings. The Kier molecular flexibility index (Phi) is 7.26. The molecule has 0 aliphatic heterocycles. The Morgan fingerprint density at radius 1 is 1.15 bits per heavy atom. The standard InChI is InChI=1S/C25H24ClN5O3/c1-34-20-4-2-3-16(13-20)23(32)28-18-9-5-15(6-10-18)22-21(14-27)24(33)31-25(30-22)29-19-11-7-17(26)8-12-19/h5-12,16,20H,2-4,13H2,1H3,(H,28,32)(H2,29,30,31,33). The lowest BCUT2D eigenvalue weighted by molar-refractivity contribution is -0.122. The highest BCUT2D eigenvalue weighted by Crippen LogP contribution is 2.28. The minimum atomic E-state index is -0.550. The van der Waals surface area contributed by atoms with Crippen molar-refractivity contribution in [3.8, 4) is 17.3 Å². The Hall–Kier alpha value is -3.67. The first-order chi connectivity index (χ1) is 16.5. The van der Waals surface area contributed by atoms with E-state index in [2.05, 4.69) is 20.6 Å². The van der Waals surface area contributed by atoms with Gasteiger partial charge < -0.3 is 15.4 Å². The zero-order valence-electron chi connectivity index (χ0n) is 18.6. The number of H-pyrrole nitrogens is 1. The molecule has 0 radical (unpaired) electrons. The molecule has 1 aliphatic carbocycles. The Labute approximate surface area is 201 Å². The van der Waals surface area contributed by atoms with E-state index in [1.165, 1.54) is 0 Å². The number of anilines is 3. The van der Waals surface area contributed by atoms with E-state index in [4.69, 9.17) is 16.3 Å². The third-order valence-electron chi connectivity index (χ3n) is 5.89. The van der Waals surface area contributed by atoms with Crippen molar-refractivity contribution in [3.63, 3.8) is 0 Å². The number of nitrogens with one attached hydrogen (secondary N) is 3. The summed E-state index contributed by atoms with van der Waals surface area (Å²) in [5, 5.41) is 16.1. The second-order valence-corrected chi connectivity index (χ2v) is 8.61. The molecule has 1 aliphatic rings. The number of methoxy groups -OCH3 is 1. The summed E-state index contributed by atoms with van der Waals surface area (Å²) in [6.45, 7) is 0. The van der Waals surface area contributed by atoms with E-state index in [9.17, 15) is 14.9 Å². The van der Waals surface area contributed by atoms with Crippen molar-refractivity contribution in [1.29, 1.82) is 5.26 Å². The fourth-order valence-corrected chi connectivity index (χ4v) is 4.19. The van der Waals surface area contributed by atoms with Crippen LogP contribution in [0.25, 0.3) is 11.3 Å². The molecule has 3 aromatic rings. The minimum absolute atomic E-state index is 0.0315. The van der Waals surface area contributed by atoms with Crippen LogP contribution in [-0.4, -0.2) is 29.1 Å². The van der Waals surface area contributed by atoms with E-state index >= 15 is 0 Å². The normalized spacial score (nSPS) is 17.6. The van der Waals surface area contributed by atoms with Crippen LogP contribution >= 0.6 is 11.6 Å². The van der Waals surface area contributed by atoms with Gasteiger partial charge in [0.25, 0.3) is 5.56 Å². The van der Waals surface area contributed by atoms with Gasteiger partial charge in [0, 0.05) is 35.0 Å². The number of hydrogen-bond acceptors (Lipinski definition) is 6. The molecule has 9 heteroatoms. The average molecular weight is 478 g/mol. The van der Waals surface area contributed by atoms with Gasteiger partial charge in [-0.05, 0) is 55.7 Å². The van der Waals surface area contributed by atoms with Gasteiger partial charge in [0.2, 0.25) is 11.9 Å². The van der Waals surface area contributed by atoms with Crippen LogP contribution in [0.1, 0.15) is 31.2 Å². The highest BCUT2D eigenvalue weighted by atomic mass is 35.5. The molecule has 1 heterocycles. The molecule has 2 atom stereocenters. The number of aromatic nitrogens is 2. The van der Waals surface area contributed by atoms with Gasteiger partial charge in [0.05, 0.1) is 11.8 Å². The lowest BCUT2D eigenvalue weighted by Gasteiger charge is -2.27. The van der Waals surface area contributed by atoms with Gasteiger partial charge in [-0.15, -0.1) is 0 Å². The van der Waals surface area contributed by atoms with E-state index in [0.717, 1.165) is 19.3 Å². The predicted octanol–water partition coefficient (Wildman–Crippen LogP) is 4.85. The second-order valence-electron chi connectivity index (χ2n) is 8.17. The summed E-state index contributed by atoms with van der Waals surface area (Å²) in [6.07, 6.45) is 3.62. The molecule has 3 N–H and O–H groups in total. The van der Waals surface area contributed by atoms with Crippen molar-refractivity contribution in [1.82, 2.24) is 9.97 Å². The van der Waals surface area contributed by atoms with Crippen LogP contribution in [0.5, 0.6) is 0 Å². The van der Waals surface area contributed by atoms with Gasteiger partial charge in [-0.1, -0.05) is 30.2 Å². The van der Waals surface area contributed by atoms with E-state index in [-0.39, 0.29) is 35.1 Å². The zero-order chi connectivity index (χ0) is 24.1. The van der Waals surface area contributed by atoms with Crippen molar-refractivity contribution in [3.05, 3.63) is 69.5 Å². The Morgan fingerprint density at radius 3 is 2.53 bits per heavy atom. The van der Waals surface area contributed by atoms with Crippen molar-refractivity contribution < 1.29 is 9.53 Å². The lowest BCUT2D eigenvalue weighted by Crippen LogP contribution is -2.30. The molecule has 0 bridgehead atoms. The molecule has 8 nitrogen and oxygen atoms in total. The van der Waals surface area contributed by atoms with Crippen molar-refractivity contribution in [2.45, 2.75) is 31.8 Å². The van der Waals surface area contributed by atoms with Crippen LogP contribution in [0.3, 0.4) is 0 Å². The lowest BCUT2D eigenvalue weighted by atomic mass is 9.86. The topological polar surface area (TPSA) is 120 Å².